The summed E-state index contributed by atoms with van der Waals surface area (Å²) in [5.41, 5.74) is 0. The van der Waals surface area contributed by atoms with Gasteiger partial charge in [0.25, 0.3) is 0 Å². The molecule has 0 fully saturated rings. The zero-order chi connectivity index (χ0) is 12.6. The van der Waals surface area contributed by atoms with E-state index in [0.29, 0.717) is 6.54 Å². The molecule has 16 heavy (non-hydrogen) atoms. The Hall–Kier alpha value is -0.530. The molecule has 0 aromatic heterocycles. The Labute approximate surface area is 94.9 Å². The number of carbonyl (C=O) groups excluding carboxylic acids is 1. The van der Waals surface area contributed by atoms with Crippen LogP contribution < -0.4 is 5.32 Å². The lowest BCUT2D eigenvalue weighted by Crippen LogP contribution is -2.45. The van der Waals surface area contributed by atoms with Crippen LogP contribution in [0.25, 0.3) is 0 Å². The van der Waals surface area contributed by atoms with E-state index in [9.17, 15) is 15.0 Å². The lowest BCUT2D eigenvalue weighted by Gasteiger charge is -2.18. The molecule has 0 heterocycles. The fourth-order valence-corrected chi connectivity index (χ4v) is 1.13. The molecule has 0 aliphatic carbocycles. The number of rotatable bonds is 9. The third-order valence-electron chi connectivity index (χ3n) is 2.22. The predicted molar refractivity (Wildman–Crippen MR) is 57.9 cm³/mol. The summed E-state index contributed by atoms with van der Waals surface area (Å²) < 4.78 is 0. The van der Waals surface area contributed by atoms with Crippen LogP contribution in [0, 0.1) is 0 Å². The Bertz CT molecular complexity index is 200. The maximum absolute atomic E-state index is 11.3. The van der Waals surface area contributed by atoms with Gasteiger partial charge in [-0.05, 0) is 13.0 Å². The van der Waals surface area contributed by atoms with Crippen molar-refractivity contribution in [2.24, 2.45) is 0 Å². The van der Waals surface area contributed by atoms with E-state index in [0.717, 1.165) is 12.8 Å². The number of aliphatic hydroxyl groups excluding tert-OH is 4. The first kappa shape index (κ1) is 15.5. The number of Topliss-reactive ketones (excluding diaryl/α,β-unsaturated/α-hetero) is 1. The van der Waals surface area contributed by atoms with E-state index in [1.54, 1.807) is 0 Å². The Balaban J connectivity index is 3.88. The molecule has 0 bridgehead atoms. The third kappa shape index (κ3) is 5.53. The van der Waals surface area contributed by atoms with Gasteiger partial charge in [0.15, 0.2) is 5.78 Å². The van der Waals surface area contributed by atoms with Gasteiger partial charge in [-0.25, -0.2) is 0 Å². The summed E-state index contributed by atoms with van der Waals surface area (Å²) in [5.74, 6) is -0.884. The monoisotopic (exact) mass is 235 g/mol. The topological polar surface area (TPSA) is 110 Å². The molecule has 0 spiro atoms. The second-order valence-corrected chi connectivity index (χ2v) is 3.67. The van der Waals surface area contributed by atoms with E-state index in [-0.39, 0.29) is 6.54 Å². The first-order chi connectivity index (χ1) is 7.54. The smallest absolute Gasteiger partial charge is 0.193 e. The lowest BCUT2D eigenvalue weighted by molar-refractivity contribution is -0.142. The van der Waals surface area contributed by atoms with Gasteiger partial charge >= 0.3 is 0 Å². The van der Waals surface area contributed by atoms with Crippen molar-refractivity contribution in [1.29, 1.82) is 0 Å². The maximum Gasteiger partial charge on any atom is 0.193 e. The van der Waals surface area contributed by atoms with Gasteiger partial charge in [-0.3, -0.25) is 4.79 Å². The molecule has 6 nitrogen and oxygen atoms in total. The van der Waals surface area contributed by atoms with Crippen LogP contribution >= 0.6 is 0 Å². The number of nitrogens with one attached hydrogen (secondary N) is 1. The summed E-state index contributed by atoms with van der Waals surface area (Å²) in [6.45, 7) is 2.01. The first-order valence-electron chi connectivity index (χ1n) is 5.44. The molecular formula is C10H21NO5. The highest BCUT2D eigenvalue weighted by Crippen LogP contribution is 1.98. The van der Waals surface area contributed by atoms with E-state index in [4.69, 9.17) is 10.2 Å². The molecule has 0 rings (SSSR count). The van der Waals surface area contributed by atoms with Gasteiger partial charge in [-0.15, -0.1) is 0 Å². The summed E-state index contributed by atoms with van der Waals surface area (Å²) in [6, 6.07) is 0. The van der Waals surface area contributed by atoms with Crippen LogP contribution in [-0.4, -0.2) is 64.2 Å². The molecule has 0 saturated heterocycles. The molecule has 0 amide bonds. The fourth-order valence-electron chi connectivity index (χ4n) is 1.13. The zero-order valence-electron chi connectivity index (χ0n) is 9.46. The van der Waals surface area contributed by atoms with Gasteiger partial charge in [-0.2, -0.15) is 0 Å². The molecule has 0 unspecified atom stereocenters. The average Bonchev–Trinajstić information content (AvgIpc) is 2.31. The SMILES string of the molecule is CCCCNC[C@@H](O)C(=O)[C@H](O)[C@@H](O)CO. The molecule has 0 radical (unpaired) electrons. The van der Waals surface area contributed by atoms with Crippen molar-refractivity contribution >= 4 is 5.78 Å². The Morgan fingerprint density at radius 3 is 2.44 bits per heavy atom. The van der Waals surface area contributed by atoms with Crippen LogP contribution in [-0.2, 0) is 4.79 Å². The van der Waals surface area contributed by atoms with Crippen LogP contribution in [0.3, 0.4) is 0 Å². The predicted octanol–water partition coefficient (Wildman–Crippen LogP) is -1.98. The van der Waals surface area contributed by atoms with Crippen LogP contribution in [0.1, 0.15) is 19.8 Å². The van der Waals surface area contributed by atoms with Gasteiger partial charge in [-0.1, -0.05) is 13.3 Å². The van der Waals surface area contributed by atoms with Crippen LogP contribution in [0.2, 0.25) is 0 Å². The summed E-state index contributed by atoms with van der Waals surface area (Å²) in [7, 11) is 0. The summed E-state index contributed by atoms with van der Waals surface area (Å²) in [4.78, 5) is 11.3. The zero-order valence-corrected chi connectivity index (χ0v) is 9.46. The number of ketones is 1. The maximum atomic E-state index is 11.3. The molecule has 0 aliphatic heterocycles. The highest BCUT2D eigenvalue weighted by atomic mass is 16.4. The Kier molecular flexibility index (Phi) is 8.32. The standard InChI is InChI=1S/C10H21NO5/c1-2-3-4-11-5-7(13)9(15)10(16)8(14)6-12/h7-8,10-14,16H,2-6H2,1H3/t7-,8+,10-/m1/s1. The molecule has 0 saturated carbocycles. The lowest BCUT2D eigenvalue weighted by atomic mass is 10.1. The van der Waals surface area contributed by atoms with Gasteiger partial charge in [0.1, 0.15) is 18.3 Å². The number of hydrogen-bond donors (Lipinski definition) is 5. The van der Waals surface area contributed by atoms with Crippen molar-refractivity contribution in [3.8, 4) is 0 Å². The van der Waals surface area contributed by atoms with Crippen molar-refractivity contribution < 1.29 is 25.2 Å². The second-order valence-electron chi connectivity index (χ2n) is 3.67. The number of carbonyl (C=O) groups is 1. The minimum absolute atomic E-state index is 0.0358. The highest BCUT2D eigenvalue weighted by molar-refractivity contribution is 5.87. The molecule has 96 valence electrons. The van der Waals surface area contributed by atoms with E-state index in [2.05, 4.69) is 5.32 Å². The summed E-state index contributed by atoms with van der Waals surface area (Å²) in [6.07, 6.45) is -2.72. The van der Waals surface area contributed by atoms with Crippen LogP contribution in [0.15, 0.2) is 0 Å². The van der Waals surface area contributed by atoms with Crippen molar-refractivity contribution in [2.45, 2.75) is 38.1 Å². The largest absolute Gasteiger partial charge is 0.394 e. The molecule has 0 aliphatic rings. The number of unbranched alkanes of at least 4 members (excludes halogenated alkanes) is 1. The number of hydrogen-bond acceptors (Lipinski definition) is 6. The normalized spacial score (nSPS) is 16.8. The molecule has 0 aromatic carbocycles. The van der Waals surface area contributed by atoms with Crippen molar-refractivity contribution in [3.05, 3.63) is 0 Å². The van der Waals surface area contributed by atoms with E-state index in [1.165, 1.54) is 0 Å². The molecule has 0 aromatic rings. The fraction of sp³-hybridized carbons (Fsp3) is 0.900. The van der Waals surface area contributed by atoms with E-state index < -0.39 is 30.7 Å². The van der Waals surface area contributed by atoms with Crippen molar-refractivity contribution in [3.63, 3.8) is 0 Å². The van der Waals surface area contributed by atoms with Gasteiger partial charge < -0.3 is 25.7 Å². The minimum Gasteiger partial charge on any atom is -0.394 e. The quantitative estimate of drug-likeness (QED) is 0.296. The summed E-state index contributed by atoms with van der Waals surface area (Å²) in [5, 5.41) is 39.0. The first-order valence-corrected chi connectivity index (χ1v) is 5.44. The van der Waals surface area contributed by atoms with Crippen molar-refractivity contribution in [2.75, 3.05) is 19.7 Å². The van der Waals surface area contributed by atoms with Gasteiger partial charge in [0.05, 0.1) is 6.61 Å². The van der Waals surface area contributed by atoms with E-state index >= 15 is 0 Å². The van der Waals surface area contributed by atoms with Gasteiger partial charge in [0, 0.05) is 6.54 Å². The van der Waals surface area contributed by atoms with Crippen molar-refractivity contribution in [1.82, 2.24) is 5.32 Å². The third-order valence-corrected chi connectivity index (χ3v) is 2.22. The minimum atomic E-state index is -1.74. The van der Waals surface area contributed by atoms with Gasteiger partial charge in [0.2, 0.25) is 0 Å². The second kappa shape index (κ2) is 8.60. The molecule has 6 heteroatoms. The Morgan fingerprint density at radius 2 is 1.94 bits per heavy atom. The average molecular weight is 235 g/mol. The molecule has 3 atom stereocenters. The number of aliphatic hydroxyl groups is 4. The highest BCUT2D eigenvalue weighted by Gasteiger charge is 2.28. The van der Waals surface area contributed by atoms with E-state index in [1.807, 2.05) is 6.92 Å². The van der Waals surface area contributed by atoms with Crippen LogP contribution in [0.4, 0.5) is 0 Å². The molecular weight excluding hydrogens is 214 g/mol. The Morgan fingerprint density at radius 1 is 1.31 bits per heavy atom. The summed E-state index contributed by atoms with van der Waals surface area (Å²) >= 11 is 0. The van der Waals surface area contributed by atoms with Crippen LogP contribution in [0.5, 0.6) is 0 Å². The molecule has 5 N–H and O–H groups in total.